The molecular weight excluding hydrogens is 470 g/mol. The second-order valence-corrected chi connectivity index (χ2v) is 9.11. The molecule has 0 unspecified atom stereocenters. The summed E-state index contributed by atoms with van der Waals surface area (Å²) in [7, 11) is 1.27. The maximum absolute atomic E-state index is 12.3. The lowest BCUT2D eigenvalue weighted by Crippen LogP contribution is -2.41. The van der Waals surface area contributed by atoms with E-state index in [0.29, 0.717) is 12.0 Å². The first-order chi connectivity index (χ1) is 17.0. The van der Waals surface area contributed by atoms with Crippen LogP contribution >= 0.6 is 0 Å². The molecule has 0 fully saturated rings. The maximum atomic E-state index is 12.3. The molecule has 0 heterocycles. The average Bonchev–Trinajstić information content (AvgIpc) is 2.79. The van der Waals surface area contributed by atoms with Gasteiger partial charge in [0.2, 0.25) is 0 Å². The van der Waals surface area contributed by atoms with Crippen molar-refractivity contribution in [2.75, 3.05) is 26.9 Å². The lowest BCUT2D eigenvalue weighted by atomic mass is 10.0. The van der Waals surface area contributed by atoms with Crippen LogP contribution in [0.4, 0.5) is 4.79 Å². The van der Waals surface area contributed by atoms with Gasteiger partial charge in [-0.25, -0.2) is 4.79 Å². The third-order valence-electron chi connectivity index (χ3n) is 4.67. The van der Waals surface area contributed by atoms with Gasteiger partial charge >= 0.3 is 24.1 Å². The van der Waals surface area contributed by atoms with E-state index in [1.807, 2.05) is 34.6 Å². The number of ether oxygens (including phenoxy) is 5. The van der Waals surface area contributed by atoms with Gasteiger partial charge in [-0.1, -0.05) is 40.7 Å². The molecule has 0 spiro atoms. The summed E-state index contributed by atoms with van der Waals surface area (Å²) in [5.41, 5.74) is 0.636. The van der Waals surface area contributed by atoms with Gasteiger partial charge in [0, 0.05) is 19.4 Å². The molecule has 1 aromatic carbocycles. The van der Waals surface area contributed by atoms with Crippen molar-refractivity contribution in [3.63, 3.8) is 0 Å². The zero-order valence-corrected chi connectivity index (χ0v) is 22.1. The van der Waals surface area contributed by atoms with Crippen molar-refractivity contribution in [2.45, 2.75) is 66.3 Å². The molecule has 0 bridgehead atoms. The minimum absolute atomic E-state index is 0.00114. The predicted octanol–water partition coefficient (Wildman–Crippen LogP) is 3.83. The third kappa shape index (κ3) is 12.5. The van der Waals surface area contributed by atoms with E-state index in [1.165, 1.54) is 13.2 Å². The zero-order valence-electron chi connectivity index (χ0n) is 22.1. The van der Waals surface area contributed by atoms with E-state index >= 15 is 0 Å². The quantitative estimate of drug-likeness (QED) is 0.212. The molecular formula is C26H39NO9. The van der Waals surface area contributed by atoms with Gasteiger partial charge in [-0.05, 0) is 42.4 Å². The highest BCUT2D eigenvalue weighted by molar-refractivity contribution is 5.77. The molecule has 10 nitrogen and oxygen atoms in total. The fourth-order valence-corrected chi connectivity index (χ4v) is 3.05. The number of rotatable bonds is 15. The molecule has 1 atom stereocenters. The first kappa shape index (κ1) is 30.9. The highest BCUT2D eigenvalue weighted by Crippen LogP contribution is 2.30. The average molecular weight is 510 g/mol. The summed E-state index contributed by atoms with van der Waals surface area (Å²) >= 11 is 0. The monoisotopic (exact) mass is 509 g/mol. The lowest BCUT2D eigenvalue weighted by Gasteiger charge is -2.18. The molecule has 0 saturated carbocycles. The Morgan fingerprint density at radius 1 is 0.861 bits per heavy atom. The molecule has 0 aromatic heterocycles. The van der Waals surface area contributed by atoms with Crippen LogP contribution < -0.4 is 14.8 Å². The molecule has 1 N–H and O–H groups in total. The Morgan fingerprint density at radius 2 is 1.44 bits per heavy atom. The highest BCUT2D eigenvalue weighted by atomic mass is 16.7. The predicted molar refractivity (Wildman–Crippen MR) is 132 cm³/mol. The number of benzene rings is 1. The van der Waals surface area contributed by atoms with E-state index < -0.39 is 30.1 Å². The van der Waals surface area contributed by atoms with E-state index in [2.05, 4.69) is 5.32 Å². The molecule has 0 aliphatic heterocycles. The van der Waals surface area contributed by atoms with Gasteiger partial charge in [-0.15, -0.1) is 0 Å². The summed E-state index contributed by atoms with van der Waals surface area (Å²) in [4.78, 5) is 48.3. The largest absolute Gasteiger partial charge is 0.508 e. The van der Waals surface area contributed by atoms with Crippen LogP contribution in [0, 0.1) is 11.8 Å². The Hall–Kier alpha value is -3.14. The lowest BCUT2D eigenvalue weighted by molar-refractivity contribution is -0.143. The van der Waals surface area contributed by atoms with Crippen molar-refractivity contribution in [2.24, 2.45) is 11.8 Å². The summed E-state index contributed by atoms with van der Waals surface area (Å²) in [6.07, 6.45) is 0.494. The van der Waals surface area contributed by atoms with Crippen LogP contribution in [-0.2, 0) is 35.0 Å². The summed E-state index contributed by atoms with van der Waals surface area (Å²) < 4.78 is 25.6. The first-order valence-corrected chi connectivity index (χ1v) is 12.2. The van der Waals surface area contributed by atoms with Crippen molar-refractivity contribution < 1.29 is 42.9 Å². The second-order valence-electron chi connectivity index (χ2n) is 9.11. The minimum atomic E-state index is -0.774. The van der Waals surface area contributed by atoms with Crippen LogP contribution in [0.25, 0.3) is 0 Å². The Labute approximate surface area is 212 Å². The molecule has 0 aliphatic rings. The van der Waals surface area contributed by atoms with Crippen LogP contribution in [-0.4, -0.2) is 57.0 Å². The van der Waals surface area contributed by atoms with Gasteiger partial charge in [0.15, 0.2) is 11.5 Å². The van der Waals surface area contributed by atoms with Crippen LogP contribution in [0.5, 0.6) is 11.5 Å². The SMILES string of the molecule is CCCOC(=O)OCCN[C@@H](Cc1ccc(OC(=O)CC(C)C)c(OC(=O)CC(C)C)c1)C(=O)OC. The molecule has 1 aromatic rings. The fourth-order valence-electron chi connectivity index (χ4n) is 3.05. The normalized spacial score (nSPS) is 11.7. The number of carbonyl (C=O) groups excluding carboxylic acids is 4. The Bertz CT molecular complexity index is 867. The first-order valence-electron chi connectivity index (χ1n) is 12.2. The molecule has 10 heteroatoms. The standard InChI is InChI=1S/C26H39NO9/c1-7-11-33-26(31)34-12-10-27-20(25(30)32-6)15-19-8-9-21(35-23(28)13-17(2)3)22(16-19)36-24(29)14-18(4)5/h8-9,16-18,20,27H,7,10-15H2,1-6H3/t20-/m0/s1. The van der Waals surface area contributed by atoms with Crippen LogP contribution in [0.2, 0.25) is 0 Å². The molecule has 1 rings (SSSR count). The van der Waals surface area contributed by atoms with Gasteiger partial charge in [0.1, 0.15) is 12.6 Å². The fraction of sp³-hybridized carbons (Fsp3) is 0.615. The van der Waals surface area contributed by atoms with Crippen molar-refractivity contribution in [1.29, 1.82) is 0 Å². The van der Waals surface area contributed by atoms with Gasteiger partial charge in [0.05, 0.1) is 13.7 Å². The second kappa shape index (κ2) is 16.5. The van der Waals surface area contributed by atoms with Crippen molar-refractivity contribution >= 4 is 24.1 Å². The van der Waals surface area contributed by atoms with Crippen molar-refractivity contribution in [3.8, 4) is 11.5 Å². The number of nitrogens with one attached hydrogen (secondary N) is 1. The summed E-state index contributed by atoms with van der Waals surface area (Å²) in [5, 5.41) is 2.98. The summed E-state index contributed by atoms with van der Waals surface area (Å²) in [5.74, 6) is -1.00. The van der Waals surface area contributed by atoms with Gasteiger partial charge in [-0.3, -0.25) is 14.4 Å². The summed E-state index contributed by atoms with van der Waals surface area (Å²) in [6.45, 7) is 9.89. The topological polar surface area (TPSA) is 126 Å². The number of hydrogen-bond acceptors (Lipinski definition) is 10. The highest BCUT2D eigenvalue weighted by Gasteiger charge is 2.22. The number of methoxy groups -OCH3 is 1. The van der Waals surface area contributed by atoms with E-state index in [4.69, 9.17) is 23.7 Å². The van der Waals surface area contributed by atoms with Crippen LogP contribution in [0.15, 0.2) is 18.2 Å². The van der Waals surface area contributed by atoms with E-state index in [-0.39, 0.29) is 62.4 Å². The van der Waals surface area contributed by atoms with Crippen molar-refractivity contribution in [1.82, 2.24) is 5.32 Å². The minimum Gasteiger partial charge on any atom is -0.468 e. The number of hydrogen-bond donors (Lipinski definition) is 1. The van der Waals surface area contributed by atoms with Crippen molar-refractivity contribution in [3.05, 3.63) is 23.8 Å². The van der Waals surface area contributed by atoms with E-state index in [1.54, 1.807) is 12.1 Å². The molecule has 36 heavy (non-hydrogen) atoms. The van der Waals surface area contributed by atoms with Crippen LogP contribution in [0.3, 0.4) is 0 Å². The van der Waals surface area contributed by atoms with E-state index in [0.717, 1.165) is 0 Å². The molecule has 0 radical (unpaired) electrons. The number of carbonyl (C=O) groups is 4. The Kier molecular flexibility index (Phi) is 14.2. The van der Waals surface area contributed by atoms with Gasteiger partial charge in [-0.2, -0.15) is 0 Å². The van der Waals surface area contributed by atoms with E-state index in [9.17, 15) is 19.2 Å². The molecule has 0 aliphatic carbocycles. The zero-order chi connectivity index (χ0) is 27.1. The maximum Gasteiger partial charge on any atom is 0.508 e. The third-order valence-corrected chi connectivity index (χ3v) is 4.67. The van der Waals surface area contributed by atoms with Gasteiger partial charge in [0.25, 0.3) is 0 Å². The molecule has 0 amide bonds. The molecule has 0 saturated heterocycles. The summed E-state index contributed by atoms with van der Waals surface area (Å²) in [6, 6.07) is 4.01. The van der Waals surface area contributed by atoms with Crippen LogP contribution in [0.1, 0.15) is 59.4 Å². The Balaban J connectivity index is 2.96. The van der Waals surface area contributed by atoms with Gasteiger partial charge < -0.3 is 29.0 Å². The smallest absolute Gasteiger partial charge is 0.468 e. The molecule has 202 valence electrons. The number of esters is 3. The Morgan fingerprint density at radius 3 is 2.00 bits per heavy atom.